The average Bonchev–Trinajstić information content (AvgIpc) is 2.26. The third-order valence-corrected chi connectivity index (χ3v) is 3.98. The molecule has 0 saturated heterocycles. The van der Waals surface area contributed by atoms with Crippen LogP contribution in [0.2, 0.25) is 0 Å². The molecule has 4 heteroatoms. The van der Waals surface area contributed by atoms with Gasteiger partial charge in [0.25, 0.3) is 0 Å². The Labute approximate surface area is 111 Å². The summed E-state index contributed by atoms with van der Waals surface area (Å²) in [6, 6.07) is 6.03. The van der Waals surface area contributed by atoms with Crippen LogP contribution in [0.15, 0.2) is 18.2 Å². The summed E-state index contributed by atoms with van der Waals surface area (Å²) in [4.78, 5) is 0. The number of hydrogen-bond donors (Lipinski definition) is 1. The van der Waals surface area contributed by atoms with E-state index in [2.05, 4.69) is 32.2 Å². The first-order valence-corrected chi connectivity index (χ1v) is 8.38. The molecule has 1 atom stereocenters. The molecule has 0 aliphatic rings. The molecule has 1 unspecified atom stereocenters. The summed E-state index contributed by atoms with van der Waals surface area (Å²) in [5, 5.41) is 3.31. The highest BCUT2D eigenvalue weighted by Gasteiger charge is 2.17. The van der Waals surface area contributed by atoms with Crippen LogP contribution in [-0.2, 0) is 9.84 Å². The Morgan fingerprint density at radius 2 is 1.89 bits per heavy atom. The van der Waals surface area contributed by atoms with Crippen molar-refractivity contribution in [2.75, 3.05) is 18.6 Å². The minimum Gasteiger partial charge on any atom is -0.309 e. The SMILES string of the molecule is CCCNC(CS(C)(=O)=O)c1ccc(C)c(C)c1. The zero-order valence-corrected chi connectivity index (χ0v) is 12.5. The van der Waals surface area contributed by atoms with E-state index in [1.165, 1.54) is 17.4 Å². The number of sulfone groups is 1. The maximum absolute atomic E-state index is 11.5. The van der Waals surface area contributed by atoms with Crippen molar-refractivity contribution in [1.29, 1.82) is 0 Å². The predicted octanol–water partition coefficient (Wildman–Crippen LogP) is 2.39. The fourth-order valence-corrected chi connectivity index (χ4v) is 2.79. The number of hydrogen-bond acceptors (Lipinski definition) is 3. The molecule has 102 valence electrons. The molecule has 0 spiro atoms. The van der Waals surface area contributed by atoms with Gasteiger partial charge in [0.1, 0.15) is 9.84 Å². The van der Waals surface area contributed by atoms with Crippen molar-refractivity contribution in [3.63, 3.8) is 0 Å². The summed E-state index contributed by atoms with van der Waals surface area (Å²) in [5.74, 6) is 0.148. The predicted molar refractivity (Wildman–Crippen MR) is 76.7 cm³/mol. The van der Waals surface area contributed by atoms with E-state index in [0.717, 1.165) is 18.5 Å². The molecule has 0 amide bonds. The van der Waals surface area contributed by atoms with E-state index in [4.69, 9.17) is 0 Å². The van der Waals surface area contributed by atoms with Crippen LogP contribution >= 0.6 is 0 Å². The van der Waals surface area contributed by atoms with Gasteiger partial charge in [-0.15, -0.1) is 0 Å². The summed E-state index contributed by atoms with van der Waals surface area (Å²) in [6.45, 7) is 7.01. The molecule has 1 aromatic carbocycles. The lowest BCUT2D eigenvalue weighted by Crippen LogP contribution is -2.28. The molecule has 3 nitrogen and oxygen atoms in total. The number of nitrogens with one attached hydrogen (secondary N) is 1. The highest BCUT2D eigenvalue weighted by atomic mass is 32.2. The number of benzene rings is 1. The first-order chi connectivity index (χ1) is 8.33. The van der Waals surface area contributed by atoms with Crippen LogP contribution in [-0.4, -0.2) is 27.0 Å². The van der Waals surface area contributed by atoms with Crippen molar-refractivity contribution in [2.45, 2.75) is 33.2 Å². The minimum atomic E-state index is -2.99. The van der Waals surface area contributed by atoms with Crippen molar-refractivity contribution < 1.29 is 8.42 Å². The zero-order valence-electron chi connectivity index (χ0n) is 11.7. The van der Waals surface area contributed by atoms with Gasteiger partial charge in [-0.1, -0.05) is 25.1 Å². The van der Waals surface area contributed by atoms with Gasteiger partial charge in [0.05, 0.1) is 5.75 Å². The van der Waals surface area contributed by atoms with Crippen LogP contribution < -0.4 is 5.32 Å². The normalized spacial score (nSPS) is 13.6. The smallest absolute Gasteiger partial charge is 0.149 e. The van der Waals surface area contributed by atoms with Crippen molar-refractivity contribution in [1.82, 2.24) is 5.32 Å². The molecule has 0 aliphatic carbocycles. The monoisotopic (exact) mass is 269 g/mol. The van der Waals surface area contributed by atoms with E-state index < -0.39 is 9.84 Å². The third-order valence-electron chi connectivity index (χ3n) is 3.04. The zero-order chi connectivity index (χ0) is 13.8. The standard InChI is InChI=1S/C14H23NO2S/c1-5-8-15-14(10-18(4,16)17)13-7-6-11(2)12(3)9-13/h6-7,9,14-15H,5,8,10H2,1-4H3. The summed E-state index contributed by atoms with van der Waals surface area (Å²) in [6.07, 6.45) is 2.28. The van der Waals surface area contributed by atoms with Crippen LogP contribution in [0, 0.1) is 13.8 Å². The Kier molecular flexibility index (Phi) is 5.35. The van der Waals surface area contributed by atoms with Gasteiger partial charge in [0.15, 0.2) is 0 Å². The first-order valence-electron chi connectivity index (χ1n) is 6.31. The van der Waals surface area contributed by atoms with Crippen LogP contribution in [0.3, 0.4) is 0 Å². The highest BCUT2D eigenvalue weighted by Crippen LogP contribution is 2.18. The molecular weight excluding hydrogens is 246 g/mol. The summed E-state index contributed by atoms with van der Waals surface area (Å²) < 4.78 is 23.0. The average molecular weight is 269 g/mol. The summed E-state index contributed by atoms with van der Waals surface area (Å²) in [5.41, 5.74) is 3.48. The Balaban J connectivity index is 2.97. The van der Waals surface area contributed by atoms with E-state index in [0.29, 0.717) is 0 Å². The maximum atomic E-state index is 11.5. The third kappa shape index (κ3) is 4.78. The topological polar surface area (TPSA) is 46.2 Å². The molecule has 18 heavy (non-hydrogen) atoms. The van der Waals surface area contributed by atoms with Gasteiger partial charge < -0.3 is 5.32 Å². The Morgan fingerprint density at radius 1 is 1.22 bits per heavy atom. The molecule has 0 fully saturated rings. The Bertz CT molecular complexity index is 495. The molecule has 0 saturated carbocycles. The molecule has 1 rings (SSSR count). The molecular formula is C14H23NO2S. The quantitative estimate of drug-likeness (QED) is 0.862. The molecule has 0 bridgehead atoms. The largest absolute Gasteiger partial charge is 0.309 e. The summed E-state index contributed by atoms with van der Waals surface area (Å²) >= 11 is 0. The van der Waals surface area contributed by atoms with Crippen molar-refractivity contribution in [3.05, 3.63) is 34.9 Å². The van der Waals surface area contributed by atoms with Crippen molar-refractivity contribution in [3.8, 4) is 0 Å². The van der Waals surface area contributed by atoms with Crippen LogP contribution in [0.5, 0.6) is 0 Å². The first kappa shape index (κ1) is 15.2. The number of aryl methyl sites for hydroxylation is 2. The lowest BCUT2D eigenvalue weighted by atomic mass is 10.0. The maximum Gasteiger partial charge on any atom is 0.149 e. The van der Waals surface area contributed by atoms with E-state index in [-0.39, 0.29) is 11.8 Å². The van der Waals surface area contributed by atoms with Crippen LogP contribution in [0.25, 0.3) is 0 Å². The van der Waals surface area contributed by atoms with E-state index >= 15 is 0 Å². The van der Waals surface area contributed by atoms with Crippen LogP contribution in [0.4, 0.5) is 0 Å². The van der Waals surface area contributed by atoms with Gasteiger partial charge in [-0.05, 0) is 43.5 Å². The second-order valence-corrected chi connectivity index (χ2v) is 7.13. The van der Waals surface area contributed by atoms with Crippen LogP contribution in [0.1, 0.15) is 36.1 Å². The van der Waals surface area contributed by atoms with Gasteiger partial charge in [-0.3, -0.25) is 0 Å². The molecule has 0 aliphatic heterocycles. The lowest BCUT2D eigenvalue weighted by Gasteiger charge is -2.19. The van der Waals surface area contributed by atoms with Gasteiger partial charge >= 0.3 is 0 Å². The molecule has 1 N–H and O–H groups in total. The fourth-order valence-electron chi connectivity index (χ4n) is 1.88. The molecule has 0 heterocycles. The minimum absolute atomic E-state index is 0.112. The Morgan fingerprint density at radius 3 is 2.39 bits per heavy atom. The van der Waals surface area contributed by atoms with Crippen molar-refractivity contribution >= 4 is 9.84 Å². The van der Waals surface area contributed by atoms with Gasteiger partial charge in [0.2, 0.25) is 0 Å². The lowest BCUT2D eigenvalue weighted by molar-refractivity contribution is 0.549. The molecule has 0 radical (unpaired) electrons. The Hall–Kier alpha value is -0.870. The van der Waals surface area contributed by atoms with Gasteiger partial charge in [-0.2, -0.15) is 0 Å². The second kappa shape index (κ2) is 6.34. The fraction of sp³-hybridized carbons (Fsp3) is 0.571. The highest BCUT2D eigenvalue weighted by molar-refractivity contribution is 7.90. The van der Waals surface area contributed by atoms with Gasteiger partial charge in [-0.25, -0.2) is 8.42 Å². The summed E-state index contributed by atoms with van der Waals surface area (Å²) in [7, 11) is -2.99. The van der Waals surface area contributed by atoms with E-state index in [1.807, 2.05) is 12.1 Å². The van der Waals surface area contributed by atoms with Gasteiger partial charge in [0, 0.05) is 12.3 Å². The molecule has 1 aromatic rings. The number of rotatable bonds is 6. The molecule has 0 aromatic heterocycles. The second-order valence-electron chi connectivity index (χ2n) is 4.94. The van der Waals surface area contributed by atoms with E-state index in [9.17, 15) is 8.42 Å². The van der Waals surface area contributed by atoms with Crippen molar-refractivity contribution in [2.24, 2.45) is 0 Å². The van der Waals surface area contributed by atoms with E-state index in [1.54, 1.807) is 0 Å².